The molecule has 1 aliphatic rings. The molecule has 31 heavy (non-hydrogen) atoms. The topological polar surface area (TPSA) is 77.4 Å². The Morgan fingerprint density at radius 3 is 1.68 bits per heavy atom. The third-order valence-corrected chi connectivity index (χ3v) is 6.10. The predicted octanol–water partition coefficient (Wildman–Crippen LogP) is 4.98. The number of methoxy groups -OCH3 is 1. The van der Waals surface area contributed by atoms with Crippen LogP contribution in [0.3, 0.4) is 0 Å². The van der Waals surface area contributed by atoms with E-state index in [0.29, 0.717) is 19.8 Å². The molecule has 0 aromatic carbocycles. The molecule has 0 spiro atoms. The fraction of sp³-hybridized carbons (Fsp3) is 1.00. The first-order valence-electron chi connectivity index (χ1n) is 12.9. The van der Waals surface area contributed by atoms with E-state index in [1.807, 2.05) is 0 Å². The molecule has 0 saturated carbocycles. The van der Waals surface area contributed by atoms with Crippen LogP contribution in [0.4, 0.5) is 0 Å². The van der Waals surface area contributed by atoms with Gasteiger partial charge < -0.3 is 29.2 Å². The molecule has 0 aromatic heterocycles. The number of unbranched alkanes of at least 4 members (excludes halogenated alkanes) is 14. The minimum Gasteiger partial charge on any atom is -0.394 e. The van der Waals surface area contributed by atoms with Gasteiger partial charge in [-0.3, -0.25) is 0 Å². The van der Waals surface area contributed by atoms with E-state index in [9.17, 15) is 10.2 Å². The van der Waals surface area contributed by atoms with E-state index in [-0.39, 0.29) is 6.61 Å². The van der Waals surface area contributed by atoms with Crippen LogP contribution in [-0.2, 0) is 18.9 Å². The monoisotopic (exact) mass is 446 g/mol. The van der Waals surface area contributed by atoms with Crippen molar-refractivity contribution in [3.05, 3.63) is 0 Å². The van der Waals surface area contributed by atoms with Crippen molar-refractivity contribution in [3.8, 4) is 0 Å². The highest BCUT2D eigenvalue weighted by atomic mass is 16.7. The van der Waals surface area contributed by atoms with Gasteiger partial charge in [0.15, 0.2) is 6.29 Å². The second-order valence-electron chi connectivity index (χ2n) is 8.86. The van der Waals surface area contributed by atoms with Gasteiger partial charge >= 0.3 is 0 Å². The molecular formula is C25H50O6. The van der Waals surface area contributed by atoms with Crippen LogP contribution in [0.5, 0.6) is 0 Å². The molecule has 1 saturated heterocycles. The van der Waals surface area contributed by atoms with Crippen molar-refractivity contribution < 1.29 is 29.2 Å². The van der Waals surface area contributed by atoms with Gasteiger partial charge in [0.1, 0.15) is 18.3 Å². The molecule has 0 bridgehead atoms. The molecule has 0 amide bonds. The fourth-order valence-corrected chi connectivity index (χ4v) is 4.11. The van der Waals surface area contributed by atoms with Crippen molar-refractivity contribution in [2.45, 2.75) is 128 Å². The van der Waals surface area contributed by atoms with E-state index in [0.717, 1.165) is 12.8 Å². The summed E-state index contributed by atoms with van der Waals surface area (Å²) >= 11 is 0. The van der Waals surface area contributed by atoms with Gasteiger partial charge in [-0.2, -0.15) is 0 Å². The number of rotatable bonds is 22. The molecular weight excluding hydrogens is 396 g/mol. The van der Waals surface area contributed by atoms with Crippen LogP contribution >= 0.6 is 0 Å². The summed E-state index contributed by atoms with van der Waals surface area (Å²) in [6, 6.07) is 0. The first kappa shape index (κ1) is 28.8. The lowest BCUT2D eigenvalue weighted by atomic mass is 10.0. The van der Waals surface area contributed by atoms with E-state index in [1.54, 1.807) is 7.11 Å². The Bertz CT molecular complexity index is 381. The Morgan fingerprint density at radius 1 is 0.677 bits per heavy atom. The smallest absolute Gasteiger partial charge is 0.186 e. The molecule has 0 radical (unpaired) electrons. The molecule has 2 N–H and O–H groups in total. The van der Waals surface area contributed by atoms with Crippen LogP contribution in [0.15, 0.2) is 0 Å². The zero-order chi connectivity index (χ0) is 22.6. The summed E-state index contributed by atoms with van der Waals surface area (Å²) in [4.78, 5) is 0. The first-order valence-corrected chi connectivity index (χ1v) is 12.9. The average Bonchev–Trinajstić information content (AvgIpc) is 3.08. The van der Waals surface area contributed by atoms with Gasteiger partial charge in [-0.1, -0.05) is 96.8 Å². The second-order valence-corrected chi connectivity index (χ2v) is 8.86. The van der Waals surface area contributed by atoms with Crippen molar-refractivity contribution >= 4 is 0 Å². The fourth-order valence-electron chi connectivity index (χ4n) is 4.11. The van der Waals surface area contributed by atoms with E-state index >= 15 is 0 Å². The van der Waals surface area contributed by atoms with Crippen LogP contribution in [-0.4, -0.2) is 68.4 Å². The Labute approximate surface area is 191 Å². The van der Waals surface area contributed by atoms with Gasteiger partial charge in [0, 0.05) is 13.7 Å². The normalized spacial score (nSPS) is 23.6. The van der Waals surface area contributed by atoms with Gasteiger partial charge in [-0.15, -0.1) is 0 Å². The minimum absolute atomic E-state index is 0.246. The van der Waals surface area contributed by atoms with Gasteiger partial charge in [-0.05, 0) is 6.42 Å². The summed E-state index contributed by atoms with van der Waals surface area (Å²) in [7, 11) is 1.60. The Hall–Kier alpha value is -0.240. The molecule has 6 nitrogen and oxygen atoms in total. The Morgan fingerprint density at radius 2 is 1.19 bits per heavy atom. The number of hydrogen-bond acceptors (Lipinski definition) is 6. The van der Waals surface area contributed by atoms with E-state index < -0.39 is 24.6 Å². The highest BCUT2D eigenvalue weighted by molar-refractivity contribution is 4.87. The SMILES string of the molecule is CCCCCCCCCCCCCCCCCO[C@@H]1O[C@H](CO)[C@@H](O)[C@H]1OCCOC. The van der Waals surface area contributed by atoms with Crippen molar-refractivity contribution in [2.24, 2.45) is 0 Å². The molecule has 6 heteroatoms. The lowest BCUT2D eigenvalue weighted by Crippen LogP contribution is -2.38. The van der Waals surface area contributed by atoms with Gasteiger partial charge in [-0.25, -0.2) is 0 Å². The lowest BCUT2D eigenvalue weighted by Gasteiger charge is -2.21. The molecule has 1 aliphatic heterocycles. The molecule has 0 unspecified atom stereocenters. The van der Waals surface area contributed by atoms with Crippen LogP contribution in [0, 0.1) is 0 Å². The highest BCUT2D eigenvalue weighted by Gasteiger charge is 2.44. The zero-order valence-corrected chi connectivity index (χ0v) is 20.3. The molecule has 4 atom stereocenters. The Balaban J connectivity index is 1.93. The summed E-state index contributed by atoms with van der Waals surface area (Å²) in [5.41, 5.74) is 0. The van der Waals surface area contributed by atoms with Gasteiger partial charge in [0.2, 0.25) is 0 Å². The standard InChI is InChI=1S/C25H50O6/c1-3-4-5-6-7-8-9-10-11-12-13-14-15-16-17-18-30-25-24(29-20-19-28-2)23(27)22(21-26)31-25/h22-27H,3-21H2,1-2H3/t22-,23-,24-,25-/m1/s1. The molecule has 1 heterocycles. The molecule has 0 aromatic rings. The summed E-state index contributed by atoms with van der Waals surface area (Å²) < 4.78 is 22.0. The van der Waals surface area contributed by atoms with Gasteiger partial charge in [0.25, 0.3) is 0 Å². The average molecular weight is 447 g/mol. The number of hydrogen-bond donors (Lipinski definition) is 2. The maximum Gasteiger partial charge on any atom is 0.186 e. The number of aliphatic hydroxyl groups is 2. The number of ether oxygens (including phenoxy) is 4. The number of aliphatic hydroxyl groups excluding tert-OH is 2. The second kappa shape index (κ2) is 20.4. The van der Waals surface area contributed by atoms with Crippen LogP contribution < -0.4 is 0 Å². The summed E-state index contributed by atoms with van der Waals surface area (Å²) in [6.07, 6.45) is 17.2. The quantitative estimate of drug-likeness (QED) is 0.228. The van der Waals surface area contributed by atoms with E-state index in [4.69, 9.17) is 18.9 Å². The minimum atomic E-state index is -0.882. The van der Waals surface area contributed by atoms with Crippen LogP contribution in [0.25, 0.3) is 0 Å². The van der Waals surface area contributed by atoms with Gasteiger partial charge in [0.05, 0.1) is 19.8 Å². The lowest BCUT2D eigenvalue weighted by molar-refractivity contribution is -0.182. The van der Waals surface area contributed by atoms with Crippen LogP contribution in [0.1, 0.15) is 103 Å². The maximum atomic E-state index is 10.2. The Kier molecular flexibility index (Phi) is 18.9. The summed E-state index contributed by atoms with van der Waals surface area (Å²) in [6.45, 7) is 3.41. The summed E-state index contributed by atoms with van der Waals surface area (Å²) in [5.74, 6) is 0. The largest absolute Gasteiger partial charge is 0.394 e. The van der Waals surface area contributed by atoms with Crippen molar-refractivity contribution in [2.75, 3.05) is 33.5 Å². The molecule has 1 rings (SSSR count). The molecule has 186 valence electrons. The molecule has 1 fully saturated rings. The maximum absolute atomic E-state index is 10.2. The third-order valence-electron chi connectivity index (χ3n) is 6.10. The van der Waals surface area contributed by atoms with Crippen molar-refractivity contribution in [3.63, 3.8) is 0 Å². The van der Waals surface area contributed by atoms with Crippen molar-refractivity contribution in [1.29, 1.82) is 0 Å². The predicted molar refractivity (Wildman–Crippen MR) is 124 cm³/mol. The summed E-state index contributed by atoms with van der Waals surface area (Å²) in [5, 5.41) is 19.6. The van der Waals surface area contributed by atoms with E-state index in [2.05, 4.69) is 6.92 Å². The van der Waals surface area contributed by atoms with Crippen molar-refractivity contribution in [1.82, 2.24) is 0 Å². The first-order chi connectivity index (χ1) is 15.2. The van der Waals surface area contributed by atoms with E-state index in [1.165, 1.54) is 83.5 Å². The highest BCUT2D eigenvalue weighted by Crippen LogP contribution is 2.25. The van der Waals surface area contributed by atoms with Crippen LogP contribution in [0.2, 0.25) is 0 Å². The molecule has 0 aliphatic carbocycles. The zero-order valence-electron chi connectivity index (χ0n) is 20.3. The third kappa shape index (κ3) is 13.8.